The second kappa shape index (κ2) is 4.93. The molecule has 0 spiro atoms. The molecule has 0 bridgehead atoms. The number of phenols is 1. The Morgan fingerprint density at radius 1 is 1.00 bits per heavy atom. The molecule has 0 aromatic heterocycles. The summed E-state index contributed by atoms with van der Waals surface area (Å²) in [5, 5.41) is 10.6. The molecule has 0 aliphatic heterocycles. The molecule has 1 N–H and O–H groups in total. The first-order chi connectivity index (χ1) is 8.09. The van der Waals surface area contributed by atoms with Crippen LogP contribution >= 0.6 is 0 Å². The smallest absolute Gasteiger partial charge is 0.123 e. The minimum Gasteiger partial charge on any atom is -0.507 e. The van der Waals surface area contributed by atoms with Crippen LogP contribution in [0.1, 0.15) is 58.2 Å². The molecular formula is C16H26O2. The Labute approximate surface area is 111 Å². The van der Waals surface area contributed by atoms with Gasteiger partial charge in [-0.25, -0.2) is 0 Å². The molecule has 102 valence electrons. The lowest BCUT2D eigenvalue weighted by Gasteiger charge is -2.29. The third-order valence-electron chi connectivity index (χ3n) is 3.12. The zero-order valence-corrected chi connectivity index (χ0v) is 12.7. The Morgan fingerprint density at radius 2 is 1.56 bits per heavy atom. The Hall–Kier alpha value is -1.02. The Balaban J connectivity index is 3.51. The Kier molecular flexibility index (Phi) is 4.12. The van der Waals surface area contributed by atoms with E-state index in [2.05, 4.69) is 47.6 Å². The van der Waals surface area contributed by atoms with Crippen molar-refractivity contribution in [3.05, 3.63) is 28.8 Å². The van der Waals surface area contributed by atoms with Gasteiger partial charge in [0, 0.05) is 12.7 Å². The van der Waals surface area contributed by atoms with Gasteiger partial charge in [0.1, 0.15) is 5.75 Å². The van der Waals surface area contributed by atoms with Gasteiger partial charge in [-0.05, 0) is 22.0 Å². The number of hydrogen-bond acceptors (Lipinski definition) is 2. The molecule has 0 atom stereocenters. The third kappa shape index (κ3) is 3.05. The minimum absolute atomic E-state index is 0.0598. The van der Waals surface area contributed by atoms with Crippen LogP contribution in [-0.4, -0.2) is 12.2 Å². The average Bonchev–Trinajstić information content (AvgIpc) is 2.13. The standard InChI is InChI=1S/C16H26O2/c1-15(2,3)12-9-8-11(10-18-7)13(14(12)17)16(4,5)6/h8-9,17H,10H2,1-7H3. The summed E-state index contributed by atoms with van der Waals surface area (Å²) in [6.07, 6.45) is 0. The molecule has 0 saturated carbocycles. The molecule has 0 heterocycles. The lowest BCUT2D eigenvalue weighted by Crippen LogP contribution is -2.19. The van der Waals surface area contributed by atoms with Crippen LogP contribution in [0.2, 0.25) is 0 Å². The van der Waals surface area contributed by atoms with Crippen LogP contribution in [0.25, 0.3) is 0 Å². The van der Waals surface area contributed by atoms with Crippen molar-refractivity contribution in [3.8, 4) is 5.75 Å². The van der Waals surface area contributed by atoms with Gasteiger partial charge in [-0.1, -0.05) is 53.7 Å². The van der Waals surface area contributed by atoms with Crippen molar-refractivity contribution in [2.75, 3.05) is 7.11 Å². The van der Waals surface area contributed by atoms with Gasteiger partial charge in [0.05, 0.1) is 6.61 Å². The average molecular weight is 250 g/mol. The fraction of sp³-hybridized carbons (Fsp3) is 0.625. The van der Waals surface area contributed by atoms with Gasteiger partial charge < -0.3 is 9.84 Å². The predicted molar refractivity (Wildman–Crippen MR) is 76.2 cm³/mol. The Bertz CT molecular complexity index is 420. The quantitative estimate of drug-likeness (QED) is 0.855. The fourth-order valence-electron chi connectivity index (χ4n) is 2.35. The van der Waals surface area contributed by atoms with E-state index in [4.69, 9.17) is 4.74 Å². The molecule has 18 heavy (non-hydrogen) atoms. The maximum atomic E-state index is 10.6. The normalized spacial score (nSPS) is 12.8. The molecule has 0 fully saturated rings. The highest BCUT2D eigenvalue weighted by Crippen LogP contribution is 2.40. The highest BCUT2D eigenvalue weighted by atomic mass is 16.5. The summed E-state index contributed by atoms with van der Waals surface area (Å²) in [6.45, 7) is 13.2. The summed E-state index contributed by atoms with van der Waals surface area (Å²) < 4.78 is 5.23. The van der Waals surface area contributed by atoms with Crippen molar-refractivity contribution in [2.24, 2.45) is 0 Å². The summed E-state index contributed by atoms with van der Waals surface area (Å²) in [5.41, 5.74) is 2.90. The van der Waals surface area contributed by atoms with Crippen LogP contribution in [0.5, 0.6) is 5.75 Å². The van der Waals surface area contributed by atoms with E-state index in [0.29, 0.717) is 12.4 Å². The first kappa shape index (κ1) is 15.0. The molecule has 1 aromatic carbocycles. The van der Waals surface area contributed by atoms with Gasteiger partial charge >= 0.3 is 0 Å². The molecule has 0 unspecified atom stereocenters. The molecule has 1 rings (SSSR count). The van der Waals surface area contributed by atoms with E-state index in [1.165, 1.54) is 0 Å². The van der Waals surface area contributed by atoms with Crippen LogP contribution in [0.4, 0.5) is 0 Å². The van der Waals surface area contributed by atoms with E-state index in [9.17, 15) is 5.11 Å². The summed E-state index contributed by atoms with van der Waals surface area (Å²) in [5.74, 6) is 0.421. The fourth-order valence-corrected chi connectivity index (χ4v) is 2.35. The van der Waals surface area contributed by atoms with Crippen molar-refractivity contribution >= 4 is 0 Å². The largest absolute Gasteiger partial charge is 0.507 e. The summed E-state index contributed by atoms with van der Waals surface area (Å²) in [4.78, 5) is 0. The zero-order chi connectivity index (χ0) is 14.1. The number of ether oxygens (including phenoxy) is 1. The molecule has 0 amide bonds. The van der Waals surface area contributed by atoms with Crippen molar-refractivity contribution < 1.29 is 9.84 Å². The highest BCUT2D eigenvalue weighted by molar-refractivity contribution is 5.51. The van der Waals surface area contributed by atoms with E-state index in [1.807, 2.05) is 6.07 Å². The van der Waals surface area contributed by atoms with Gasteiger partial charge in [0.15, 0.2) is 0 Å². The number of benzene rings is 1. The van der Waals surface area contributed by atoms with E-state index < -0.39 is 0 Å². The number of rotatable bonds is 2. The van der Waals surface area contributed by atoms with Crippen LogP contribution in [0.3, 0.4) is 0 Å². The molecular weight excluding hydrogens is 224 g/mol. The number of phenolic OH excluding ortho intramolecular Hbond substituents is 1. The minimum atomic E-state index is -0.0980. The van der Waals surface area contributed by atoms with Crippen LogP contribution in [-0.2, 0) is 22.2 Å². The van der Waals surface area contributed by atoms with Gasteiger partial charge in [-0.2, -0.15) is 0 Å². The molecule has 1 aromatic rings. The SMILES string of the molecule is COCc1ccc(C(C)(C)C)c(O)c1C(C)(C)C. The van der Waals surface area contributed by atoms with Crippen molar-refractivity contribution in [1.29, 1.82) is 0 Å². The van der Waals surface area contributed by atoms with E-state index >= 15 is 0 Å². The van der Waals surface area contributed by atoms with Crippen LogP contribution in [0, 0.1) is 0 Å². The number of hydrogen-bond donors (Lipinski definition) is 1. The number of aromatic hydroxyl groups is 1. The van der Waals surface area contributed by atoms with E-state index in [1.54, 1.807) is 7.11 Å². The van der Waals surface area contributed by atoms with Crippen molar-refractivity contribution in [3.63, 3.8) is 0 Å². The van der Waals surface area contributed by atoms with E-state index in [0.717, 1.165) is 16.7 Å². The summed E-state index contributed by atoms with van der Waals surface area (Å²) in [7, 11) is 1.68. The molecule has 0 saturated heterocycles. The second-order valence-corrected chi connectivity index (χ2v) is 6.93. The molecule has 0 aliphatic rings. The van der Waals surface area contributed by atoms with E-state index in [-0.39, 0.29) is 10.8 Å². The first-order valence-electron chi connectivity index (χ1n) is 6.43. The van der Waals surface area contributed by atoms with Crippen LogP contribution < -0.4 is 0 Å². The predicted octanol–water partition coefficient (Wildman–Crippen LogP) is 4.13. The number of methoxy groups -OCH3 is 1. The molecule has 2 heteroatoms. The topological polar surface area (TPSA) is 29.5 Å². The van der Waals surface area contributed by atoms with Gasteiger partial charge in [0.25, 0.3) is 0 Å². The van der Waals surface area contributed by atoms with Gasteiger partial charge in [-0.3, -0.25) is 0 Å². The highest BCUT2D eigenvalue weighted by Gasteiger charge is 2.27. The summed E-state index contributed by atoms with van der Waals surface area (Å²) in [6, 6.07) is 4.09. The maximum absolute atomic E-state index is 10.6. The molecule has 0 aliphatic carbocycles. The third-order valence-corrected chi connectivity index (χ3v) is 3.12. The zero-order valence-electron chi connectivity index (χ0n) is 12.7. The van der Waals surface area contributed by atoms with Crippen molar-refractivity contribution in [2.45, 2.75) is 59.0 Å². The second-order valence-electron chi connectivity index (χ2n) is 6.93. The molecule has 2 nitrogen and oxygen atoms in total. The molecule has 0 radical (unpaired) electrons. The maximum Gasteiger partial charge on any atom is 0.123 e. The van der Waals surface area contributed by atoms with Crippen molar-refractivity contribution in [1.82, 2.24) is 0 Å². The van der Waals surface area contributed by atoms with Gasteiger partial charge in [0.2, 0.25) is 0 Å². The first-order valence-corrected chi connectivity index (χ1v) is 6.43. The monoisotopic (exact) mass is 250 g/mol. The summed E-state index contributed by atoms with van der Waals surface area (Å²) >= 11 is 0. The van der Waals surface area contributed by atoms with Crippen LogP contribution in [0.15, 0.2) is 12.1 Å². The Morgan fingerprint density at radius 3 is 1.94 bits per heavy atom. The lowest BCUT2D eigenvalue weighted by atomic mass is 9.77. The van der Waals surface area contributed by atoms with Gasteiger partial charge in [-0.15, -0.1) is 0 Å². The lowest BCUT2D eigenvalue weighted by molar-refractivity contribution is 0.182.